The summed E-state index contributed by atoms with van der Waals surface area (Å²) in [5, 5.41) is 17.1. The molecule has 0 amide bonds. The van der Waals surface area contributed by atoms with Gasteiger partial charge in [0.25, 0.3) is 0 Å². The Morgan fingerprint density at radius 1 is 1.23 bits per heavy atom. The topological polar surface area (TPSA) is 127 Å². The van der Waals surface area contributed by atoms with Gasteiger partial charge in [0, 0.05) is 0 Å². The third-order valence-electron chi connectivity index (χ3n) is 3.58. The summed E-state index contributed by atoms with van der Waals surface area (Å²) in [6.45, 7) is 1.95. The van der Waals surface area contributed by atoms with Crippen LogP contribution in [0.4, 0.5) is 0 Å². The first kappa shape index (κ1) is 17.9. The molecule has 2 rings (SSSR count). The lowest BCUT2D eigenvalue weighted by Gasteiger charge is -2.15. The molecule has 0 unspecified atom stereocenters. The van der Waals surface area contributed by atoms with Gasteiger partial charge >= 0.3 is 11.9 Å². The van der Waals surface area contributed by atoms with Crippen LogP contribution < -0.4 is 11.5 Å². The van der Waals surface area contributed by atoms with Crippen molar-refractivity contribution in [2.24, 2.45) is 11.5 Å². The molecule has 0 fully saturated rings. The highest BCUT2D eigenvalue weighted by atomic mass is 16.4. The van der Waals surface area contributed by atoms with Crippen LogP contribution in [0.25, 0.3) is 0 Å². The quantitative estimate of drug-likeness (QED) is 0.616. The largest absolute Gasteiger partial charge is 0.480 e. The van der Waals surface area contributed by atoms with Gasteiger partial charge in [0.05, 0.1) is 0 Å². The molecule has 1 aliphatic rings. The van der Waals surface area contributed by atoms with Crippen molar-refractivity contribution in [3.63, 3.8) is 0 Å². The molecule has 120 valence electrons. The molecular weight excluding hydrogens is 284 g/mol. The minimum absolute atomic E-state index is 0.391. The second-order valence-electron chi connectivity index (χ2n) is 5.42. The summed E-state index contributed by atoms with van der Waals surface area (Å²) in [5.41, 5.74) is 11.9. The van der Waals surface area contributed by atoms with Crippen LogP contribution in [0.2, 0.25) is 0 Å². The summed E-state index contributed by atoms with van der Waals surface area (Å²) in [5.74, 6) is -1.87. The van der Waals surface area contributed by atoms with Gasteiger partial charge in [0.1, 0.15) is 11.6 Å². The SMILES string of the molecule is Cc1ccccc1C[C@H](N)C(=O)O.NC1(C(=O)O)CC=CC1. The maximum absolute atomic E-state index is 10.5. The van der Waals surface area contributed by atoms with Gasteiger partial charge in [-0.05, 0) is 37.3 Å². The standard InChI is InChI=1S/C10H13NO2.C6H9NO2/c1-7-4-2-3-5-8(7)6-9(11)10(12)13;7-6(5(8)9)3-1-2-4-6/h2-5,9H,6,11H2,1H3,(H,12,13);1-2H,3-4,7H2,(H,8,9)/t9-;/m0./s1. The second-order valence-corrected chi connectivity index (χ2v) is 5.42. The Bertz CT molecular complexity index is 561. The van der Waals surface area contributed by atoms with Crippen molar-refractivity contribution in [1.29, 1.82) is 0 Å². The van der Waals surface area contributed by atoms with E-state index in [1.54, 1.807) is 12.2 Å². The molecule has 0 heterocycles. The number of benzene rings is 1. The molecule has 0 spiro atoms. The first-order valence-electron chi connectivity index (χ1n) is 6.96. The fourth-order valence-electron chi connectivity index (χ4n) is 2.01. The first-order chi connectivity index (χ1) is 10.3. The third kappa shape index (κ3) is 4.98. The minimum Gasteiger partial charge on any atom is -0.480 e. The van der Waals surface area contributed by atoms with E-state index < -0.39 is 23.5 Å². The molecule has 0 bridgehead atoms. The van der Waals surface area contributed by atoms with Gasteiger partial charge in [-0.25, -0.2) is 0 Å². The number of nitrogens with two attached hydrogens (primary N) is 2. The molecule has 1 aromatic rings. The monoisotopic (exact) mass is 306 g/mol. The zero-order chi connectivity index (χ0) is 16.8. The molecule has 1 aromatic carbocycles. The number of carbonyl (C=O) groups is 2. The molecule has 0 aliphatic heterocycles. The maximum Gasteiger partial charge on any atom is 0.324 e. The maximum atomic E-state index is 10.5. The van der Waals surface area contributed by atoms with Gasteiger partial charge in [-0.1, -0.05) is 36.4 Å². The Hall–Kier alpha value is -2.18. The first-order valence-corrected chi connectivity index (χ1v) is 6.96. The lowest BCUT2D eigenvalue weighted by molar-refractivity contribution is -0.143. The van der Waals surface area contributed by atoms with Gasteiger partial charge in [-0.3, -0.25) is 9.59 Å². The number of carboxylic acids is 2. The van der Waals surface area contributed by atoms with E-state index >= 15 is 0 Å². The Morgan fingerprint density at radius 3 is 2.18 bits per heavy atom. The fourth-order valence-corrected chi connectivity index (χ4v) is 2.01. The lowest BCUT2D eigenvalue weighted by atomic mass is 9.99. The Balaban J connectivity index is 0.000000235. The zero-order valence-electron chi connectivity index (χ0n) is 12.5. The van der Waals surface area contributed by atoms with Crippen LogP contribution in [0.5, 0.6) is 0 Å². The predicted octanol–water partition coefficient (Wildman–Crippen LogP) is 1.07. The van der Waals surface area contributed by atoms with E-state index in [4.69, 9.17) is 21.7 Å². The van der Waals surface area contributed by atoms with Crippen molar-refractivity contribution < 1.29 is 19.8 Å². The van der Waals surface area contributed by atoms with E-state index in [0.29, 0.717) is 19.3 Å². The molecule has 22 heavy (non-hydrogen) atoms. The van der Waals surface area contributed by atoms with E-state index in [0.717, 1.165) is 11.1 Å². The van der Waals surface area contributed by atoms with Crippen molar-refractivity contribution in [3.05, 3.63) is 47.5 Å². The van der Waals surface area contributed by atoms with Crippen LogP contribution in [-0.4, -0.2) is 33.7 Å². The van der Waals surface area contributed by atoms with Crippen LogP contribution in [0.1, 0.15) is 24.0 Å². The van der Waals surface area contributed by atoms with Crippen LogP contribution in [0.3, 0.4) is 0 Å². The van der Waals surface area contributed by atoms with Crippen molar-refractivity contribution in [2.75, 3.05) is 0 Å². The smallest absolute Gasteiger partial charge is 0.324 e. The normalized spacial score (nSPS) is 16.5. The summed E-state index contributed by atoms with van der Waals surface area (Å²) in [6.07, 6.45) is 4.91. The summed E-state index contributed by atoms with van der Waals surface area (Å²) >= 11 is 0. The highest BCUT2D eigenvalue weighted by molar-refractivity contribution is 5.79. The van der Waals surface area contributed by atoms with Crippen LogP contribution in [0, 0.1) is 6.92 Å². The molecule has 0 saturated heterocycles. The molecule has 0 saturated carbocycles. The summed E-state index contributed by atoms with van der Waals surface area (Å²) in [4.78, 5) is 20.8. The van der Waals surface area contributed by atoms with Crippen molar-refractivity contribution >= 4 is 11.9 Å². The highest BCUT2D eigenvalue weighted by Crippen LogP contribution is 2.20. The molecule has 6 nitrogen and oxygen atoms in total. The number of rotatable bonds is 4. The number of carboxylic acid groups (broad SMARTS) is 2. The minimum atomic E-state index is -1.00. The molecule has 6 heteroatoms. The third-order valence-corrected chi connectivity index (χ3v) is 3.58. The molecule has 0 aromatic heterocycles. The van der Waals surface area contributed by atoms with Crippen LogP contribution in [-0.2, 0) is 16.0 Å². The van der Waals surface area contributed by atoms with Crippen molar-refractivity contribution in [1.82, 2.24) is 0 Å². The molecular formula is C16H22N2O4. The van der Waals surface area contributed by atoms with E-state index in [2.05, 4.69) is 0 Å². The summed E-state index contributed by atoms with van der Waals surface area (Å²) in [7, 11) is 0. The van der Waals surface area contributed by atoms with Gasteiger partial charge < -0.3 is 21.7 Å². The number of hydrogen-bond acceptors (Lipinski definition) is 4. The average molecular weight is 306 g/mol. The second kappa shape index (κ2) is 7.72. The predicted molar refractivity (Wildman–Crippen MR) is 83.4 cm³/mol. The Morgan fingerprint density at radius 2 is 1.77 bits per heavy atom. The van der Waals surface area contributed by atoms with Crippen LogP contribution >= 0.6 is 0 Å². The molecule has 1 aliphatic carbocycles. The highest BCUT2D eigenvalue weighted by Gasteiger charge is 2.33. The number of aliphatic carboxylic acids is 2. The zero-order valence-corrected chi connectivity index (χ0v) is 12.5. The summed E-state index contributed by atoms with van der Waals surface area (Å²) < 4.78 is 0. The van der Waals surface area contributed by atoms with E-state index in [9.17, 15) is 9.59 Å². The van der Waals surface area contributed by atoms with Gasteiger partial charge in [0.15, 0.2) is 0 Å². The van der Waals surface area contributed by atoms with E-state index in [1.165, 1.54) is 0 Å². The fraction of sp³-hybridized carbons (Fsp3) is 0.375. The molecule has 0 radical (unpaired) electrons. The molecule has 1 atom stereocenters. The Labute approximate surface area is 129 Å². The number of aryl methyl sites for hydroxylation is 1. The molecule has 6 N–H and O–H groups in total. The van der Waals surface area contributed by atoms with Gasteiger partial charge in [0.2, 0.25) is 0 Å². The number of hydrogen-bond donors (Lipinski definition) is 4. The van der Waals surface area contributed by atoms with Crippen molar-refractivity contribution in [3.8, 4) is 0 Å². The van der Waals surface area contributed by atoms with E-state index in [-0.39, 0.29) is 0 Å². The van der Waals surface area contributed by atoms with Crippen LogP contribution in [0.15, 0.2) is 36.4 Å². The lowest BCUT2D eigenvalue weighted by Crippen LogP contribution is -2.45. The van der Waals surface area contributed by atoms with Gasteiger partial charge in [-0.2, -0.15) is 0 Å². The Kier molecular flexibility index (Phi) is 6.27. The van der Waals surface area contributed by atoms with Gasteiger partial charge in [-0.15, -0.1) is 0 Å². The van der Waals surface area contributed by atoms with Crippen molar-refractivity contribution in [2.45, 2.75) is 37.8 Å². The average Bonchev–Trinajstić information content (AvgIpc) is 2.90. The summed E-state index contributed by atoms with van der Waals surface area (Å²) in [6, 6.07) is 6.85. The van der Waals surface area contributed by atoms with E-state index in [1.807, 2.05) is 31.2 Å².